The Morgan fingerprint density at radius 2 is 0.872 bits per heavy atom. The zero-order valence-electron chi connectivity index (χ0n) is 49.7. The number of benzene rings is 6. The zero-order valence-corrected chi connectivity index (χ0v) is 49.7. The van der Waals surface area contributed by atoms with Crippen LogP contribution in [0.25, 0.3) is 21.9 Å². The smallest absolute Gasteiger partial charge is 0.336 e. The van der Waals surface area contributed by atoms with Crippen molar-refractivity contribution in [1.29, 1.82) is 0 Å². The van der Waals surface area contributed by atoms with Gasteiger partial charge in [0.25, 0.3) is 0 Å². The third-order valence-electron chi connectivity index (χ3n) is 17.0. The topological polar surface area (TPSA) is 206 Å². The number of carbonyl (C=O) groups excluding carboxylic acids is 2. The highest BCUT2D eigenvalue weighted by atomic mass is 16.6. The van der Waals surface area contributed by atoms with E-state index < -0.39 is 35.3 Å². The molecule has 12 rings (SSSR count). The number of carboxylic acids is 2. The first-order valence-electron chi connectivity index (χ1n) is 29.3. The van der Waals surface area contributed by atoms with Gasteiger partial charge < -0.3 is 37.6 Å². The number of rotatable bonds is 22. The summed E-state index contributed by atoms with van der Waals surface area (Å²) in [5, 5.41) is 29.3. The van der Waals surface area contributed by atoms with Gasteiger partial charge in [-0.1, -0.05) is 131 Å². The molecule has 14 nitrogen and oxygen atoms in total. The van der Waals surface area contributed by atoms with Gasteiger partial charge in [-0.3, -0.25) is 9.59 Å². The number of aliphatic carboxylic acids is 2. The van der Waals surface area contributed by atoms with Gasteiger partial charge in [0, 0.05) is 48.3 Å². The van der Waals surface area contributed by atoms with Crippen LogP contribution < -0.4 is 0 Å². The molecule has 0 aliphatic heterocycles. The second kappa shape index (κ2) is 24.2. The number of Topliss-reactive ketones (excluding diaryl/α,β-unsaturated/α-hetero) is 2. The highest BCUT2D eigenvalue weighted by molar-refractivity contribution is 5.87. The fraction of sp³-hybridized carbons (Fsp3) is 0.306. The van der Waals surface area contributed by atoms with Crippen molar-refractivity contribution in [3.8, 4) is 0 Å². The molecule has 4 atom stereocenters. The second-order valence-corrected chi connectivity index (χ2v) is 23.6. The molecule has 10 aromatic rings. The first kappa shape index (κ1) is 58.8. The van der Waals surface area contributed by atoms with Crippen molar-refractivity contribution in [2.24, 2.45) is 0 Å². The van der Waals surface area contributed by atoms with Gasteiger partial charge in [0.05, 0.1) is 22.5 Å². The predicted octanol–water partition coefficient (Wildman–Crippen LogP) is 15.4. The second-order valence-electron chi connectivity index (χ2n) is 23.6. The molecule has 4 heterocycles. The normalized spacial score (nSPS) is 15.3. The lowest BCUT2D eigenvalue weighted by molar-refractivity contribution is -0.158. The molecule has 440 valence electrons. The van der Waals surface area contributed by atoms with Crippen molar-refractivity contribution in [3.05, 3.63) is 247 Å². The maximum absolute atomic E-state index is 13.5. The minimum absolute atomic E-state index is 0.0319. The van der Waals surface area contributed by atoms with E-state index in [4.69, 9.17) is 27.4 Å². The number of aryl methyl sites for hydroxylation is 8. The number of ether oxygens (including phenoxy) is 2. The maximum atomic E-state index is 13.5. The number of ketones is 2. The zero-order chi connectivity index (χ0) is 60.6. The summed E-state index contributed by atoms with van der Waals surface area (Å²) in [7, 11) is 0. The summed E-state index contributed by atoms with van der Waals surface area (Å²) < 4.78 is 35.6. The van der Waals surface area contributed by atoms with Gasteiger partial charge in [-0.2, -0.15) is 0 Å². The van der Waals surface area contributed by atoms with Crippen LogP contribution >= 0.6 is 0 Å². The number of carbonyl (C=O) groups is 4. The first-order valence-corrected chi connectivity index (χ1v) is 29.3. The number of carboxylic acid groups (broad SMARTS) is 2. The molecule has 4 aromatic heterocycles. The Labute approximate surface area is 499 Å². The molecule has 14 heteroatoms. The Morgan fingerprint density at radius 1 is 0.488 bits per heavy atom. The van der Waals surface area contributed by atoms with E-state index in [2.05, 4.69) is 98.7 Å². The van der Waals surface area contributed by atoms with Gasteiger partial charge in [-0.15, -0.1) is 0 Å². The fourth-order valence-corrected chi connectivity index (χ4v) is 12.1. The molecule has 0 saturated heterocycles. The van der Waals surface area contributed by atoms with E-state index >= 15 is 0 Å². The third-order valence-corrected chi connectivity index (χ3v) is 17.0. The number of furan rings is 2. The van der Waals surface area contributed by atoms with Crippen LogP contribution in [-0.4, -0.2) is 55.2 Å². The molecule has 6 aromatic carbocycles. The van der Waals surface area contributed by atoms with E-state index in [1.165, 1.54) is 33.4 Å². The number of hydrogen-bond acceptors (Lipinski definition) is 12. The molecule has 2 saturated carbocycles. The third kappa shape index (κ3) is 12.5. The average Bonchev–Trinajstić information content (AvgIpc) is 4.15. The number of hydrogen-bond donors (Lipinski definition) is 2. The highest BCUT2D eigenvalue weighted by Gasteiger charge is 2.55. The molecule has 0 radical (unpaired) electrons. The molecule has 2 aliphatic rings. The van der Waals surface area contributed by atoms with Crippen molar-refractivity contribution in [3.63, 3.8) is 0 Å². The summed E-state index contributed by atoms with van der Waals surface area (Å²) in [5.74, 6) is 0.285. The maximum Gasteiger partial charge on any atom is 0.336 e. The lowest BCUT2D eigenvalue weighted by Gasteiger charge is -2.20. The van der Waals surface area contributed by atoms with Crippen LogP contribution in [0.3, 0.4) is 0 Å². The summed E-state index contributed by atoms with van der Waals surface area (Å²) in [5.41, 5.74) is 12.4. The molecule has 0 bridgehead atoms. The Hall–Kier alpha value is -8.98. The van der Waals surface area contributed by atoms with Gasteiger partial charge in [0.15, 0.2) is 11.2 Å². The monoisotopic (exact) mass is 1150 g/mol. The molecule has 0 amide bonds. The van der Waals surface area contributed by atoms with E-state index in [9.17, 15) is 29.4 Å². The van der Waals surface area contributed by atoms with Crippen molar-refractivity contribution in [1.82, 2.24) is 10.3 Å². The van der Waals surface area contributed by atoms with Crippen LogP contribution in [0.4, 0.5) is 0 Å². The number of fused-ring (bicyclic) bond motifs is 2. The largest absolute Gasteiger partial charge is 0.479 e. The van der Waals surface area contributed by atoms with Crippen LogP contribution in [-0.2, 0) is 41.5 Å². The lowest BCUT2D eigenvalue weighted by Crippen LogP contribution is -2.28. The first-order chi connectivity index (χ1) is 41.3. The van der Waals surface area contributed by atoms with Crippen LogP contribution in [0.1, 0.15) is 164 Å². The fourth-order valence-electron chi connectivity index (χ4n) is 12.1. The van der Waals surface area contributed by atoms with Gasteiger partial charge in [0.2, 0.25) is 0 Å². The lowest BCUT2D eigenvalue weighted by atomic mass is 9.83. The summed E-state index contributed by atoms with van der Waals surface area (Å²) >= 11 is 0. The van der Waals surface area contributed by atoms with Crippen LogP contribution in [0.5, 0.6) is 0 Å². The van der Waals surface area contributed by atoms with E-state index in [0.717, 1.165) is 33.0 Å². The molecule has 2 N–H and O–H groups in total. The van der Waals surface area contributed by atoms with Gasteiger partial charge in [-0.05, 0) is 162 Å². The SMILES string of the molecule is Cc1ccc([C@@H](CC(=O)Cc2ccc3oc([C@@H](OC4(C(=O)O)CC4)c4c(C)noc4C)cc3c2)c2ccccc2)c(C)c1.Cc1ccc([C@@H](CC(=O)Cc2ccc3oc([C@H](OC4(C(=O)O)CC4)c4c(C)noc4C)cc3c2)c2ccccc2)c(C)c1. The van der Waals surface area contributed by atoms with Crippen LogP contribution in [0.2, 0.25) is 0 Å². The van der Waals surface area contributed by atoms with Crippen molar-refractivity contribution >= 4 is 45.4 Å². The minimum atomic E-state index is -1.25. The van der Waals surface area contributed by atoms with Crippen LogP contribution in [0, 0.1) is 55.4 Å². The summed E-state index contributed by atoms with van der Waals surface area (Å²) in [4.78, 5) is 51.0. The minimum Gasteiger partial charge on any atom is -0.479 e. The molecule has 86 heavy (non-hydrogen) atoms. The van der Waals surface area contributed by atoms with Gasteiger partial charge in [0.1, 0.15) is 58.0 Å². The Balaban J connectivity index is 0.000000179. The van der Waals surface area contributed by atoms with E-state index in [-0.39, 0.29) is 36.2 Å². The van der Waals surface area contributed by atoms with E-state index in [0.29, 0.717) is 95.2 Å². The predicted molar refractivity (Wildman–Crippen MR) is 324 cm³/mol. The number of nitrogens with zero attached hydrogens (tertiary/aromatic N) is 2. The van der Waals surface area contributed by atoms with Gasteiger partial charge in [-0.25, -0.2) is 9.59 Å². The standard InChI is InChI=1S/2C36H35NO6/c2*1-21-10-12-29(22(2)16-21)30(26-8-6-5-7-9-26)20-28(38)18-25-11-13-31-27(17-25)19-32(41-31)34(33-23(3)37-43-24(33)4)42-36(14-15-36)35(39)40/h2*5-13,16-17,19,30,34H,14-15,18,20H2,1-4H3,(H,39,40)/t30-,34+;30-,34-/m00/s1. The summed E-state index contributed by atoms with van der Waals surface area (Å²) in [6, 6.07) is 48.4. The van der Waals surface area contributed by atoms with Crippen molar-refractivity contribution < 1.29 is 56.7 Å². The quantitative estimate of drug-likeness (QED) is 0.0648. The summed E-state index contributed by atoms with van der Waals surface area (Å²) in [6.45, 7) is 15.5. The average molecular weight is 1160 g/mol. The van der Waals surface area contributed by atoms with Crippen molar-refractivity contribution in [2.75, 3.05) is 0 Å². The highest BCUT2D eigenvalue weighted by Crippen LogP contribution is 2.49. The molecular formula is C72H70N2O12. The Morgan fingerprint density at radius 3 is 1.20 bits per heavy atom. The number of aromatic nitrogens is 2. The Kier molecular flexibility index (Phi) is 16.5. The van der Waals surface area contributed by atoms with E-state index in [1.807, 2.05) is 84.9 Å². The molecular weight excluding hydrogens is 1080 g/mol. The van der Waals surface area contributed by atoms with Crippen molar-refractivity contribution in [2.45, 2.75) is 142 Å². The summed E-state index contributed by atoms with van der Waals surface area (Å²) in [6.07, 6.45) is 1.51. The molecule has 0 unspecified atom stereocenters. The molecule has 0 spiro atoms. The Bertz CT molecular complexity index is 3850. The van der Waals surface area contributed by atoms with E-state index in [1.54, 1.807) is 27.7 Å². The molecule has 2 aliphatic carbocycles. The molecule has 2 fully saturated rings. The van der Waals surface area contributed by atoms with Gasteiger partial charge >= 0.3 is 11.9 Å². The van der Waals surface area contributed by atoms with Crippen LogP contribution in [0.15, 0.2) is 163 Å².